The smallest absolute Gasteiger partial charge is 0.262 e. The van der Waals surface area contributed by atoms with E-state index in [1.54, 1.807) is 12.1 Å². The number of nitrogens with one attached hydrogen (secondary N) is 3. The molecule has 0 aliphatic carbocycles. The molecule has 3 heterocycles. The molecule has 2 saturated heterocycles. The van der Waals surface area contributed by atoms with Crippen molar-refractivity contribution in [2.45, 2.75) is 38.4 Å². The van der Waals surface area contributed by atoms with Crippen molar-refractivity contribution >= 4 is 23.6 Å². The molecular weight excluding hydrogens is 348 g/mol. The van der Waals surface area contributed by atoms with Gasteiger partial charge in [0.25, 0.3) is 11.8 Å². The Morgan fingerprint density at radius 2 is 1.89 bits per heavy atom. The Morgan fingerprint density at radius 1 is 1.11 bits per heavy atom. The summed E-state index contributed by atoms with van der Waals surface area (Å²) in [6.07, 6.45) is 0.281. The van der Waals surface area contributed by atoms with Gasteiger partial charge in [0.1, 0.15) is 6.04 Å². The van der Waals surface area contributed by atoms with Gasteiger partial charge in [0.2, 0.25) is 11.8 Å². The van der Waals surface area contributed by atoms with Crippen LogP contribution >= 0.6 is 0 Å². The lowest BCUT2D eigenvalue weighted by Crippen LogP contribution is -2.54. The summed E-state index contributed by atoms with van der Waals surface area (Å²) in [7, 11) is 0. The van der Waals surface area contributed by atoms with E-state index in [1.807, 2.05) is 6.07 Å². The van der Waals surface area contributed by atoms with E-state index < -0.39 is 23.8 Å². The van der Waals surface area contributed by atoms with Crippen LogP contribution in [0.5, 0.6) is 0 Å². The summed E-state index contributed by atoms with van der Waals surface area (Å²) >= 11 is 0. The highest BCUT2D eigenvalue weighted by molar-refractivity contribution is 6.23. The lowest BCUT2D eigenvalue weighted by atomic mass is 10.0. The number of carbonyl (C=O) groups excluding carboxylic acids is 4. The lowest BCUT2D eigenvalue weighted by molar-refractivity contribution is -0.136. The molecule has 1 aromatic carbocycles. The minimum atomic E-state index is -0.929. The minimum absolute atomic E-state index is 0.118. The lowest BCUT2D eigenvalue weighted by Gasteiger charge is -2.27. The van der Waals surface area contributed by atoms with Crippen molar-refractivity contribution in [3.63, 3.8) is 0 Å². The normalized spacial score (nSPS) is 27.9. The zero-order chi connectivity index (χ0) is 19.1. The molecule has 0 bridgehead atoms. The number of piperidine rings is 1. The maximum Gasteiger partial charge on any atom is 0.262 e. The highest BCUT2D eigenvalue weighted by Gasteiger charge is 2.44. The van der Waals surface area contributed by atoms with Crippen LogP contribution in [0, 0.1) is 5.92 Å². The molecular formula is C19H22N4O4. The number of hydrogen-bond acceptors (Lipinski definition) is 6. The SMILES string of the molecule is C[C@@H]1CNC[C@@H]1NCc1ccc2c(c1)C(=O)N(C1CCC(=O)NC1=O)C2=O. The highest BCUT2D eigenvalue weighted by atomic mass is 16.2. The number of nitrogens with zero attached hydrogens (tertiary/aromatic N) is 1. The molecule has 4 amide bonds. The molecule has 0 spiro atoms. The zero-order valence-electron chi connectivity index (χ0n) is 15.1. The topological polar surface area (TPSA) is 108 Å². The largest absolute Gasteiger partial charge is 0.315 e. The second kappa shape index (κ2) is 6.86. The summed E-state index contributed by atoms with van der Waals surface area (Å²) in [6, 6.07) is 4.64. The van der Waals surface area contributed by atoms with Crippen molar-refractivity contribution in [3.05, 3.63) is 34.9 Å². The molecule has 27 heavy (non-hydrogen) atoms. The monoisotopic (exact) mass is 370 g/mol. The number of rotatable bonds is 4. The van der Waals surface area contributed by atoms with Gasteiger partial charge < -0.3 is 10.6 Å². The summed E-state index contributed by atoms with van der Waals surface area (Å²) in [5.74, 6) is -1.38. The average molecular weight is 370 g/mol. The molecule has 1 aromatic rings. The average Bonchev–Trinajstić information content (AvgIpc) is 3.15. The maximum absolute atomic E-state index is 12.8. The third-order valence-electron chi connectivity index (χ3n) is 5.59. The molecule has 3 aliphatic rings. The van der Waals surface area contributed by atoms with E-state index in [4.69, 9.17) is 0 Å². The molecule has 4 rings (SSSR count). The predicted molar refractivity (Wildman–Crippen MR) is 95.8 cm³/mol. The molecule has 2 fully saturated rings. The van der Waals surface area contributed by atoms with Gasteiger partial charge in [-0.2, -0.15) is 0 Å². The van der Waals surface area contributed by atoms with Gasteiger partial charge >= 0.3 is 0 Å². The van der Waals surface area contributed by atoms with Crippen molar-refractivity contribution in [3.8, 4) is 0 Å². The molecule has 0 aromatic heterocycles. The van der Waals surface area contributed by atoms with Crippen molar-refractivity contribution in [1.82, 2.24) is 20.9 Å². The van der Waals surface area contributed by atoms with E-state index >= 15 is 0 Å². The number of fused-ring (bicyclic) bond motifs is 1. The molecule has 3 aliphatic heterocycles. The number of hydrogen-bond donors (Lipinski definition) is 3. The van der Waals surface area contributed by atoms with Gasteiger partial charge in [-0.25, -0.2) is 0 Å². The summed E-state index contributed by atoms with van der Waals surface area (Å²) in [5, 5.41) is 9.01. The number of carbonyl (C=O) groups is 4. The summed E-state index contributed by atoms with van der Waals surface area (Å²) in [4.78, 5) is 49.9. The predicted octanol–water partition coefficient (Wildman–Crippen LogP) is -0.215. The van der Waals surface area contributed by atoms with Gasteiger partial charge in [0.05, 0.1) is 11.1 Å². The molecule has 1 unspecified atom stereocenters. The van der Waals surface area contributed by atoms with E-state index in [0.717, 1.165) is 23.6 Å². The van der Waals surface area contributed by atoms with Crippen LogP contribution < -0.4 is 16.0 Å². The van der Waals surface area contributed by atoms with E-state index in [0.29, 0.717) is 29.6 Å². The molecule has 0 radical (unpaired) electrons. The fraction of sp³-hybridized carbons (Fsp3) is 0.474. The third kappa shape index (κ3) is 3.15. The molecule has 3 N–H and O–H groups in total. The van der Waals surface area contributed by atoms with Crippen molar-refractivity contribution in [1.29, 1.82) is 0 Å². The fourth-order valence-electron chi connectivity index (χ4n) is 3.96. The van der Waals surface area contributed by atoms with Gasteiger partial charge in [-0.05, 0) is 36.6 Å². The van der Waals surface area contributed by atoms with E-state index in [9.17, 15) is 19.2 Å². The van der Waals surface area contributed by atoms with Crippen LogP contribution in [0.25, 0.3) is 0 Å². The molecule has 8 nitrogen and oxygen atoms in total. The van der Waals surface area contributed by atoms with Crippen LogP contribution in [0.1, 0.15) is 46.0 Å². The molecule has 142 valence electrons. The Labute approximate surface area is 156 Å². The minimum Gasteiger partial charge on any atom is -0.315 e. The Morgan fingerprint density at radius 3 is 2.59 bits per heavy atom. The Balaban J connectivity index is 1.51. The number of benzene rings is 1. The summed E-state index contributed by atoms with van der Waals surface area (Å²) in [6.45, 7) is 4.67. The standard InChI is InChI=1S/C19H22N4O4/c1-10-7-20-9-14(10)21-8-11-2-3-12-13(6-11)19(27)23(18(12)26)15-4-5-16(24)22-17(15)25/h2-3,6,10,14-15,20-21H,4-5,7-9H2,1H3,(H,22,24,25)/t10-,14+,15?/m1/s1. The van der Waals surface area contributed by atoms with Crippen LogP contribution in [0.4, 0.5) is 0 Å². The fourth-order valence-corrected chi connectivity index (χ4v) is 3.96. The van der Waals surface area contributed by atoms with E-state index in [1.165, 1.54) is 0 Å². The molecule has 8 heteroatoms. The van der Waals surface area contributed by atoms with Crippen LogP contribution in [0.2, 0.25) is 0 Å². The van der Waals surface area contributed by atoms with Crippen molar-refractivity contribution in [2.75, 3.05) is 13.1 Å². The first kappa shape index (κ1) is 17.8. The van der Waals surface area contributed by atoms with Gasteiger partial charge in [-0.3, -0.25) is 29.4 Å². The summed E-state index contributed by atoms with van der Waals surface area (Å²) in [5.41, 5.74) is 1.55. The van der Waals surface area contributed by atoms with Crippen LogP contribution in [0.15, 0.2) is 18.2 Å². The van der Waals surface area contributed by atoms with Crippen molar-refractivity contribution < 1.29 is 19.2 Å². The first-order valence-corrected chi connectivity index (χ1v) is 9.24. The van der Waals surface area contributed by atoms with Gasteiger partial charge in [0, 0.05) is 25.6 Å². The second-order valence-electron chi connectivity index (χ2n) is 7.45. The van der Waals surface area contributed by atoms with E-state index in [2.05, 4.69) is 22.9 Å². The Kier molecular flexibility index (Phi) is 4.53. The Bertz CT molecular complexity index is 837. The zero-order valence-corrected chi connectivity index (χ0v) is 15.1. The van der Waals surface area contributed by atoms with Gasteiger partial charge in [-0.15, -0.1) is 0 Å². The van der Waals surface area contributed by atoms with E-state index in [-0.39, 0.29) is 18.7 Å². The molecule has 0 saturated carbocycles. The third-order valence-corrected chi connectivity index (χ3v) is 5.59. The van der Waals surface area contributed by atoms with Gasteiger partial charge in [0.15, 0.2) is 0 Å². The number of amides is 4. The van der Waals surface area contributed by atoms with Crippen LogP contribution in [-0.2, 0) is 16.1 Å². The van der Waals surface area contributed by atoms with Gasteiger partial charge in [-0.1, -0.05) is 13.0 Å². The molecule has 3 atom stereocenters. The van der Waals surface area contributed by atoms with Crippen molar-refractivity contribution in [2.24, 2.45) is 5.92 Å². The van der Waals surface area contributed by atoms with Crippen LogP contribution in [-0.4, -0.2) is 53.7 Å². The Hall–Kier alpha value is -2.58. The first-order valence-electron chi connectivity index (χ1n) is 9.24. The maximum atomic E-state index is 12.8. The highest BCUT2D eigenvalue weighted by Crippen LogP contribution is 2.28. The second-order valence-corrected chi connectivity index (χ2v) is 7.45. The first-order chi connectivity index (χ1) is 13.0. The summed E-state index contributed by atoms with van der Waals surface area (Å²) < 4.78 is 0. The van der Waals surface area contributed by atoms with Crippen LogP contribution in [0.3, 0.4) is 0 Å². The quantitative estimate of drug-likeness (QED) is 0.633. The number of imide groups is 2.